The van der Waals surface area contributed by atoms with Gasteiger partial charge in [-0.3, -0.25) is 5.32 Å². The average Bonchev–Trinajstić information content (AvgIpc) is 2.38. The number of benzene rings is 1. The van der Waals surface area contributed by atoms with Gasteiger partial charge in [0.25, 0.3) is 0 Å². The molecule has 0 saturated heterocycles. The minimum Gasteiger partial charge on any atom is -0.493 e. The lowest BCUT2D eigenvalue weighted by Crippen LogP contribution is -2.55. The van der Waals surface area contributed by atoms with Gasteiger partial charge in [0.15, 0.2) is 0 Å². The predicted molar refractivity (Wildman–Crippen MR) is 68.8 cm³/mol. The molecule has 0 aromatic heterocycles. The van der Waals surface area contributed by atoms with E-state index in [1.165, 1.54) is 0 Å². The van der Waals surface area contributed by atoms with Gasteiger partial charge < -0.3 is 9.84 Å². The Morgan fingerprint density at radius 3 is 2.94 bits per heavy atom. The summed E-state index contributed by atoms with van der Waals surface area (Å²) in [4.78, 5) is 11.8. The van der Waals surface area contributed by atoms with Gasteiger partial charge in [-0.05, 0) is 19.4 Å². The highest BCUT2D eigenvalue weighted by Gasteiger charge is 2.45. The van der Waals surface area contributed by atoms with Gasteiger partial charge >= 0.3 is 5.97 Å². The molecule has 2 atom stereocenters. The Morgan fingerprint density at radius 2 is 2.28 bits per heavy atom. The number of carboxylic acids is 1. The molecule has 2 rings (SSSR count). The van der Waals surface area contributed by atoms with Crippen LogP contribution in [0.4, 0.5) is 0 Å². The van der Waals surface area contributed by atoms with Gasteiger partial charge in [-0.2, -0.15) is 0 Å². The van der Waals surface area contributed by atoms with Crippen LogP contribution >= 0.6 is 0 Å². The lowest BCUT2D eigenvalue weighted by molar-refractivity contribution is -0.147. The number of carboxylic acid groups (broad SMARTS) is 1. The number of aliphatic carboxylic acids is 1. The normalized spacial score (nSPS) is 23.9. The number of carbonyl (C=O) groups is 1. The van der Waals surface area contributed by atoms with E-state index in [0.29, 0.717) is 18.8 Å². The van der Waals surface area contributed by atoms with Crippen LogP contribution in [-0.4, -0.2) is 23.7 Å². The third-order valence-electron chi connectivity index (χ3n) is 3.55. The summed E-state index contributed by atoms with van der Waals surface area (Å²) in [6, 6.07) is 7.51. The molecule has 1 aromatic carbocycles. The first-order valence-electron chi connectivity index (χ1n) is 6.33. The third kappa shape index (κ3) is 2.08. The van der Waals surface area contributed by atoms with Crippen LogP contribution in [0.2, 0.25) is 0 Å². The van der Waals surface area contributed by atoms with Crippen molar-refractivity contribution in [2.75, 3.05) is 6.61 Å². The monoisotopic (exact) mass is 249 g/mol. The summed E-state index contributed by atoms with van der Waals surface area (Å²) in [5.74, 6) is -0.166. The Balaban J connectivity index is 2.46. The van der Waals surface area contributed by atoms with Crippen LogP contribution in [0.1, 0.15) is 32.3 Å². The number of nitrogens with one attached hydrogen (secondary N) is 1. The summed E-state index contributed by atoms with van der Waals surface area (Å²) in [7, 11) is 0. The van der Waals surface area contributed by atoms with Crippen molar-refractivity contribution in [1.29, 1.82) is 0 Å². The molecule has 0 bridgehead atoms. The molecule has 0 fully saturated rings. The van der Waals surface area contributed by atoms with Crippen LogP contribution in [0, 0.1) is 0 Å². The Morgan fingerprint density at radius 1 is 1.56 bits per heavy atom. The van der Waals surface area contributed by atoms with Crippen LogP contribution in [-0.2, 0) is 10.3 Å². The van der Waals surface area contributed by atoms with Crippen molar-refractivity contribution < 1.29 is 14.6 Å². The highest BCUT2D eigenvalue weighted by molar-refractivity contribution is 5.82. The molecule has 1 aliphatic rings. The van der Waals surface area contributed by atoms with Gasteiger partial charge in [0.05, 0.1) is 6.61 Å². The molecule has 1 aliphatic heterocycles. The Bertz CT molecular complexity index is 446. The van der Waals surface area contributed by atoms with Gasteiger partial charge in [-0.1, -0.05) is 25.1 Å². The van der Waals surface area contributed by atoms with Crippen LogP contribution in [0.3, 0.4) is 0 Å². The molecule has 18 heavy (non-hydrogen) atoms. The number of hydrogen-bond donors (Lipinski definition) is 2. The third-order valence-corrected chi connectivity index (χ3v) is 3.55. The number of rotatable bonds is 4. The van der Waals surface area contributed by atoms with Crippen molar-refractivity contribution in [3.05, 3.63) is 29.8 Å². The van der Waals surface area contributed by atoms with E-state index in [2.05, 4.69) is 5.32 Å². The van der Waals surface area contributed by atoms with Gasteiger partial charge in [0.1, 0.15) is 11.3 Å². The SMILES string of the molecule is CCC(C)NC1(C(=O)O)CCOc2ccccc21. The van der Waals surface area contributed by atoms with Crippen molar-refractivity contribution >= 4 is 5.97 Å². The molecule has 2 unspecified atom stereocenters. The molecule has 4 heteroatoms. The largest absolute Gasteiger partial charge is 0.493 e. The summed E-state index contributed by atoms with van der Waals surface area (Å²) >= 11 is 0. The second-order valence-corrected chi connectivity index (χ2v) is 4.76. The zero-order valence-corrected chi connectivity index (χ0v) is 10.8. The molecule has 0 amide bonds. The first-order valence-corrected chi connectivity index (χ1v) is 6.33. The zero-order valence-electron chi connectivity index (χ0n) is 10.8. The standard InChI is InChI=1S/C14H19NO3/c1-3-10(2)15-14(13(16)17)8-9-18-12-7-5-4-6-11(12)14/h4-7,10,15H,3,8-9H2,1-2H3,(H,16,17). The maximum atomic E-state index is 11.8. The summed E-state index contributed by atoms with van der Waals surface area (Å²) in [5.41, 5.74) is -0.298. The maximum Gasteiger partial charge on any atom is 0.328 e. The molecule has 0 radical (unpaired) electrons. The van der Waals surface area contributed by atoms with Crippen molar-refractivity contribution in [2.24, 2.45) is 0 Å². The molecule has 4 nitrogen and oxygen atoms in total. The van der Waals surface area contributed by atoms with E-state index in [-0.39, 0.29) is 6.04 Å². The molecule has 0 aliphatic carbocycles. The molecular formula is C14H19NO3. The zero-order chi connectivity index (χ0) is 13.2. The van der Waals surface area contributed by atoms with E-state index < -0.39 is 11.5 Å². The molecule has 1 heterocycles. The molecule has 1 aromatic rings. The number of para-hydroxylation sites is 1. The van der Waals surface area contributed by atoms with Gasteiger partial charge in [-0.15, -0.1) is 0 Å². The summed E-state index contributed by atoms with van der Waals surface area (Å²) in [5, 5.41) is 12.9. The van der Waals surface area contributed by atoms with E-state index in [9.17, 15) is 9.90 Å². The minimum absolute atomic E-state index is 0.146. The fraction of sp³-hybridized carbons (Fsp3) is 0.500. The van der Waals surface area contributed by atoms with Gasteiger partial charge in [0.2, 0.25) is 0 Å². The smallest absolute Gasteiger partial charge is 0.328 e. The summed E-state index contributed by atoms with van der Waals surface area (Å²) in [6.45, 7) is 4.47. The maximum absolute atomic E-state index is 11.8. The first-order chi connectivity index (χ1) is 8.60. The predicted octanol–water partition coefficient (Wildman–Crippen LogP) is 2.14. The molecule has 0 saturated carbocycles. The minimum atomic E-state index is -1.02. The Hall–Kier alpha value is -1.55. The Kier molecular flexibility index (Phi) is 3.57. The quantitative estimate of drug-likeness (QED) is 0.858. The molecule has 2 N–H and O–H groups in total. The van der Waals surface area contributed by atoms with Crippen LogP contribution < -0.4 is 10.1 Å². The topological polar surface area (TPSA) is 58.6 Å². The Labute approximate surface area is 107 Å². The van der Waals surface area contributed by atoms with E-state index in [1.807, 2.05) is 38.1 Å². The van der Waals surface area contributed by atoms with E-state index in [4.69, 9.17) is 4.74 Å². The van der Waals surface area contributed by atoms with E-state index >= 15 is 0 Å². The fourth-order valence-electron chi connectivity index (χ4n) is 2.35. The molecule has 0 spiro atoms. The second-order valence-electron chi connectivity index (χ2n) is 4.76. The van der Waals surface area contributed by atoms with Gasteiger partial charge in [-0.25, -0.2) is 4.79 Å². The fourth-order valence-corrected chi connectivity index (χ4v) is 2.35. The second kappa shape index (κ2) is 4.98. The molecule has 98 valence electrons. The van der Waals surface area contributed by atoms with Crippen LogP contribution in [0.5, 0.6) is 5.75 Å². The van der Waals surface area contributed by atoms with Gasteiger partial charge in [0, 0.05) is 18.0 Å². The number of hydrogen-bond acceptors (Lipinski definition) is 3. The molecular weight excluding hydrogens is 230 g/mol. The first kappa shape index (κ1) is 12.9. The number of ether oxygens (including phenoxy) is 1. The van der Waals surface area contributed by atoms with Crippen molar-refractivity contribution in [2.45, 2.75) is 38.3 Å². The van der Waals surface area contributed by atoms with E-state index in [1.54, 1.807) is 0 Å². The lowest BCUT2D eigenvalue weighted by Gasteiger charge is -2.38. The summed E-state index contributed by atoms with van der Waals surface area (Å²) in [6.07, 6.45) is 1.34. The van der Waals surface area contributed by atoms with Crippen molar-refractivity contribution in [3.63, 3.8) is 0 Å². The highest BCUT2D eigenvalue weighted by atomic mass is 16.5. The van der Waals surface area contributed by atoms with Crippen molar-refractivity contribution in [1.82, 2.24) is 5.32 Å². The highest BCUT2D eigenvalue weighted by Crippen LogP contribution is 2.37. The van der Waals surface area contributed by atoms with Crippen LogP contribution in [0.25, 0.3) is 0 Å². The average molecular weight is 249 g/mol. The van der Waals surface area contributed by atoms with E-state index in [0.717, 1.165) is 12.0 Å². The van der Waals surface area contributed by atoms with Crippen molar-refractivity contribution in [3.8, 4) is 5.75 Å². The number of fused-ring (bicyclic) bond motifs is 1. The summed E-state index contributed by atoms with van der Waals surface area (Å²) < 4.78 is 5.54. The van der Waals surface area contributed by atoms with Crippen LogP contribution in [0.15, 0.2) is 24.3 Å². The lowest BCUT2D eigenvalue weighted by atomic mass is 9.83.